The molecule has 0 atom stereocenters. The van der Waals surface area contributed by atoms with Crippen molar-refractivity contribution in [1.29, 1.82) is 0 Å². The molecule has 6 nitrogen and oxygen atoms in total. The smallest absolute Gasteiger partial charge is 0.360 e. The maximum atomic E-state index is 10.7. The highest BCUT2D eigenvalue weighted by molar-refractivity contribution is 5.86. The lowest BCUT2D eigenvalue weighted by Gasteiger charge is -2.11. The molecule has 1 aliphatic heterocycles. The van der Waals surface area contributed by atoms with Crippen molar-refractivity contribution < 1.29 is 14.5 Å². The fraction of sp³-hybridized carbons (Fsp3) is 0.625. The van der Waals surface area contributed by atoms with Crippen LogP contribution in [0.2, 0.25) is 0 Å². The van der Waals surface area contributed by atoms with Gasteiger partial charge in [0, 0.05) is 6.54 Å². The number of aromatic nitrogens is 2. The number of rotatable bonds is 3. The molecule has 0 radical (unpaired) electrons. The van der Waals surface area contributed by atoms with Crippen molar-refractivity contribution in [1.82, 2.24) is 15.2 Å². The summed E-state index contributed by atoms with van der Waals surface area (Å²) in [5.74, 6) is -1.08. The summed E-state index contributed by atoms with van der Waals surface area (Å²) in [5.41, 5.74) is 0.344. The summed E-state index contributed by atoms with van der Waals surface area (Å²) >= 11 is 0. The SMILES string of the molecule is O=C(O)c1nonc1CN1CCCC1. The summed E-state index contributed by atoms with van der Waals surface area (Å²) < 4.78 is 4.41. The Morgan fingerprint density at radius 3 is 2.79 bits per heavy atom. The Labute approximate surface area is 80.5 Å². The van der Waals surface area contributed by atoms with Crippen LogP contribution in [0.1, 0.15) is 29.0 Å². The summed E-state index contributed by atoms with van der Waals surface area (Å²) in [5, 5.41) is 15.7. The molecule has 76 valence electrons. The monoisotopic (exact) mass is 197 g/mol. The van der Waals surface area contributed by atoms with Crippen LogP contribution in [0, 0.1) is 0 Å². The van der Waals surface area contributed by atoms with Crippen molar-refractivity contribution in [2.75, 3.05) is 13.1 Å². The van der Waals surface area contributed by atoms with E-state index >= 15 is 0 Å². The van der Waals surface area contributed by atoms with Crippen LogP contribution in [-0.2, 0) is 6.54 Å². The van der Waals surface area contributed by atoms with Gasteiger partial charge in [-0.3, -0.25) is 4.90 Å². The van der Waals surface area contributed by atoms with Gasteiger partial charge < -0.3 is 5.11 Å². The first kappa shape index (κ1) is 9.14. The molecule has 0 aliphatic carbocycles. The molecule has 0 spiro atoms. The Morgan fingerprint density at radius 1 is 1.43 bits per heavy atom. The second-order valence-electron chi connectivity index (χ2n) is 3.35. The minimum atomic E-state index is -1.08. The van der Waals surface area contributed by atoms with E-state index in [0.29, 0.717) is 12.2 Å². The van der Waals surface area contributed by atoms with E-state index in [1.165, 1.54) is 0 Å². The van der Waals surface area contributed by atoms with Gasteiger partial charge in [0.1, 0.15) is 5.69 Å². The van der Waals surface area contributed by atoms with E-state index in [1.807, 2.05) is 0 Å². The fourth-order valence-electron chi connectivity index (χ4n) is 1.63. The number of hydrogen-bond donors (Lipinski definition) is 1. The molecule has 1 aliphatic rings. The van der Waals surface area contributed by atoms with Crippen LogP contribution in [0.3, 0.4) is 0 Å². The Morgan fingerprint density at radius 2 is 2.14 bits per heavy atom. The molecule has 0 amide bonds. The van der Waals surface area contributed by atoms with Gasteiger partial charge >= 0.3 is 5.97 Å². The Hall–Kier alpha value is -1.43. The third kappa shape index (κ3) is 1.74. The van der Waals surface area contributed by atoms with Gasteiger partial charge in [0.2, 0.25) is 5.69 Å². The van der Waals surface area contributed by atoms with Crippen molar-refractivity contribution in [3.8, 4) is 0 Å². The first-order valence-corrected chi connectivity index (χ1v) is 4.54. The van der Waals surface area contributed by atoms with Gasteiger partial charge in [-0.2, -0.15) is 0 Å². The quantitative estimate of drug-likeness (QED) is 0.753. The molecule has 0 saturated carbocycles. The highest BCUT2D eigenvalue weighted by Crippen LogP contribution is 2.13. The van der Waals surface area contributed by atoms with E-state index in [-0.39, 0.29) is 5.69 Å². The van der Waals surface area contributed by atoms with Crippen molar-refractivity contribution >= 4 is 5.97 Å². The standard InChI is InChI=1S/C8H11N3O3/c12-8(13)7-6(9-14-10-7)5-11-3-1-2-4-11/h1-5H2,(H,12,13). The summed E-state index contributed by atoms with van der Waals surface area (Å²) in [6.45, 7) is 2.50. The van der Waals surface area contributed by atoms with Crippen molar-refractivity contribution in [2.45, 2.75) is 19.4 Å². The molecule has 0 bridgehead atoms. The molecule has 2 heterocycles. The lowest BCUT2D eigenvalue weighted by atomic mass is 10.3. The van der Waals surface area contributed by atoms with E-state index in [0.717, 1.165) is 25.9 Å². The van der Waals surface area contributed by atoms with E-state index in [9.17, 15) is 4.79 Å². The first-order valence-electron chi connectivity index (χ1n) is 4.54. The van der Waals surface area contributed by atoms with Gasteiger partial charge in [0.15, 0.2) is 0 Å². The number of nitrogens with zero attached hydrogens (tertiary/aromatic N) is 3. The topological polar surface area (TPSA) is 79.5 Å². The number of hydrogen-bond acceptors (Lipinski definition) is 5. The van der Waals surface area contributed by atoms with Crippen molar-refractivity contribution in [3.63, 3.8) is 0 Å². The number of carbonyl (C=O) groups is 1. The van der Waals surface area contributed by atoms with Crippen LogP contribution in [0.15, 0.2) is 4.63 Å². The fourth-order valence-corrected chi connectivity index (χ4v) is 1.63. The van der Waals surface area contributed by atoms with Crippen molar-refractivity contribution in [2.24, 2.45) is 0 Å². The third-order valence-electron chi connectivity index (χ3n) is 2.33. The van der Waals surface area contributed by atoms with Crippen LogP contribution >= 0.6 is 0 Å². The molecule has 1 saturated heterocycles. The number of aromatic carboxylic acids is 1. The molecule has 0 aromatic carbocycles. The predicted octanol–water partition coefficient (Wildman–Crippen LogP) is 0.364. The van der Waals surface area contributed by atoms with Crippen LogP contribution in [0.4, 0.5) is 0 Å². The summed E-state index contributed by atoms with van der Waals surface area (Å²) in [4.78, 5) is 12.8. The third-order valence-corrected chi connectivity index (χ3v) is 2.33. The van der Waals surface area contributed by atoms with Gasteiger partial charge in [0.25, 0.3) is 0 Å². The first-order chi connectivity index (χ1) is 6.77. The molecule has 1 N–H and O–H groups in total. The summed E-state index contributed by atoms with van der Waals surface area (Å²) in [6.07, 6.45) is 2.32. The van der Waals surface area contributed by atoms with Crippen LogP contribution in [-0.4, -0.2) is 39.4 Å². The molecular formula is C8H11N3O3. The Kier molecular flexibility index (Phi) is 2.45. The minimum absolute atomic E-state index is 0.0723. The van der Waals surface area contributed by atoms with Gasteiger partial charge in [-0.05, 0) is 31.1 Å². The largest absolute Gasteiger partial charge is 0.476 e. The van der Waals surface area contributed by atoms with E-state index in [1.54, 1.807) is 0 Å². The van der Waals surface area contributed by atoms with Crippen molar-refractivity contribution in [3.05, 3.63) is 11.4 Å². The number of carboxylic acid groups (broad SMARTS) is 1. The lowest BCUT2D eigenvalue weighted by Crippen LogP contribution is -2.20. The second-order valence-corrected chi connectivity index (χ2v) is 3.35. The van der Waals surface area contributed by atoms with E-state index < -0.39 is 5.97 Å². The Balaban J connectivity index is 2.07. The normalized spacial score (nSPS) is 17.4. The molecule has 14 heavy (non-hydrogen) atoms. The zero-order valence-corrected chi connectivity index (χ0v) is 7.64. The molecule has 6 heteroatoms. The molecule has 1 aromatic heterocycles. The predicted molar refractivity (Wildman–Crippen MR) is 45.8 cm³/mol. The van der Waals surface area contributed by atoms with Gasteiger partial charge in [0.05, 0.1) is 0 Å². The van der Waals surface area contributed by atoms with Crippen LogP contribution in [0.5, 0.6) is 0 Å². The average Bonchev–Trinajstić information content (AvgIpc) is 2.75. The average molecular weight is 197 g/mol. The van der Waals surface area contributed by atoms with Crippen LogP contribution in [0.25, 0.3) is 0 Å². The molecule has 0 unspecified atom stereocenters. The highest BCUT2D eigenvalue weighted by atomic mass is 16.6. The second kappa shape index (κ2) is 3.75. The number of likely N-dealkylation sites (tertiary alicyclic amines) is 1. The molecular weight excluding hydrogens is 186 g/mol. The van der Waals surface area contributed by atoms with Gasteiger partial charge in [-0.25, -0.2) is 9.42 Å². The zero-order chi connectivity index (χ0) is 9.97. The highest BCUT2D eigenvalue weighted by Gasteiger charge is 2.21. The van der Waals surface area contributed by atoms with E-state index in [2.05, 4.69) is 19.8 Å². The molecule has 2 rings (SSSR count). The van der Waals surface area contributed by atoms with E-state index in [4.69, 9.17) is 5.11 Å². The Bertz CT molecular complexity index is 330. The minimum Gasteiger partial charge on any atom is -0.476 e. The van der Waals surface area contributed by atoms with Gasteiger partial charge in [-0.15, -0.1) is 0 Å². The molecule has 1 fully saturated rings. The molecule has 1 aromatic rings. The van der Waals surface area contributed by atoms with Crippen LogP contribution < -0.4 is 0 Å². The lowest BCUT2D eigenvalue weighted by molar-refractivity contribution is 0.0683. The summed E-state index contributed by atoms with van der Waals surface area (Å²) in [6, 6.07) is 0. The maximum Gasteiger partial charge on any atom is 0.360 e. The number of carboxylic acids is 1. The summed E-state index contributed by atoms with van der Waals surface area (Å²) in [7, 11) is 0. The zero-order valence-electron chi connectivity index (χ0n) is 7.64. The maximum absolute atomic E-state index is 10.7. The van der Waals surface area contributed by atoms with Gasteiger partial charge in [-0.1, -0.05) is 5.16 Å².